The van der Waals surface area contributed by atoms with Crippen molar-refractivity contribution >= 4 is 44.8 Å². The van der Waals surface area contributed by atoms with Crippen LogP contribution in [0, 0.1) is 0 Å². The normalized spacial score (nSPS) is 17.4. The second kappa shape index (κ2) is 7.02. The van der Waals surface area contributed by atoms with Crippen LogP contribution in [0.3, 0.4) is 0 Å². The average Bonchev–Trinajstić information content (AvgIpc) is 2.49. The minimum atomic E-state index is -3.72. The molecule has 1 aromatic rings. The molecule has 0 N–H and O–H groups in total. The van der Waals surface area contributed by atoms with Crippen molar-refractivity contribution in [2.24, 2.45) is 0 Å². The van der Waals surface area contributed by atoms with Gasteiger partial charge in [-0.15, -0.1) is 11.6 Å². The van der Waals surface area contributed by atoms with Gasteiger partial charge in [0.05, 0.1) is 5.02 Å². The molecule has 0 amide bonds. The lowest BCUT2D eigenvalue weighted by Crippen LogP contribution is -2.40. The molecule has 0 spiro atoms. The molecule has 8 heteroatoms. The monoisotopic (exact) mass is 371 g/mol. The van der Waals surface area contributed by atoms with Crippen LogP contribution >= 0.6 is 34.8 Å². The highest BCUT2D eigenvalue weighted by atomic mass is 35.5. The van der Waals surface area contributed by atoms with Gasteiger partial charge in [-0.05, 0) is 30.5 Å². The molecule has 0 saturated carbocycles. The Balaban J connectivity index is 2.41. The largest absolute Gasteiger partial charge is 0.381 e. The van der Waals surface area contributed by atoms with Gasteiger partial charge in [0.15, 0.2) is 0 Å². The van der Waals surface area contributed by atoms with Gasteiger partial charge < -0.3 is 4.74 Å². The van der Waals surface area contributed by atoms with Crippen molar-refractivity contribution < 1.29 is 13.2 Å². The van der Waals surface area contributed by atoms with Gasteiger partial charge >= 0.3 is 0 Å². The van der Waals surface area contributed by atoms with Crippen LogP contribution in [-0.2, 0) is 20.6 Å². The van der Waals surface area contributed by atoms with Crippen molar-refractivity contribution in [1.29, 1.82) is 0 Å². The third-order valence-corrected chi connectivity index (χ3v) is 6.58. The molecule has 0 radical (unpaired) electrons. The molecule has 0 aliphatic carbocycles. The van der Waals surface area contributed by atoms with E-state index in [1.54, 1.807) is 13.1 Å². The SMILES string of the molecule is CN(C1CCOCC1)S(=O)(=O)c1cc(Cl)cc(CCl)c1Cl. The maximum Gasteiger partial charge on any atom is 0.244 e. The first-order valence-corrected chi connectivity index (χ1v) is 9.20. The Morgan fingerprint density at radius 2 is 1.90 bits per heavy atom. The number of alkyl halides is 1. The molecule has 0 aromatic heterocycles. The summed E-state index contributed by atoms with van der Waals surface area (Å²) in [6.45, 7) is 1.11. The zero-order chi connectivity index (χ0) is 15.6. The first kappa shape index (κ1) is 17.3. The van der Waals surface area contributed by atoms with Crippen LogP contribution in [0.4, 0.5) is 0 Å². The highest BCUT2D eigenvalue weighted by molar-refractivity contribution is 7.89. The van der Waals surface area contributed by atoms with Gasteiger partial charge in [0, 0.05) is 37.2 Å². The molecule has 1 fully saturated rings. The van der Waals surface area contributed by atoms with E-state index < -0.39 is 10.0 Å². The van der Waals surface area contributed by atoms with Crippen molar-refractivity contribution in [1.82, 2.24) is 4.31 Å². The van der Waals surface area contributed by atoms with E-state index in [2.05, 4.69) is 0 Å². The molecular weight excluding hydrogens is 357 g/mol. The third kappa shape index (κ3) is 3.66. The number of rotatable bonds is 4. The summed E-state index contributed by atoms with van der Waals surface area (Å²) in [4.78, 5) is 0.00121. The van der Waals surface area contributed by atoms with Crippen molar-refractivity contribution in [3.05, 3.63) is 27.7 Å². The molecule has 1 aromatic carbocycles. The fourth-order valence-corrected chi connectivity index (χ4v) is 4.90. The second-order valence-corrected chi connectivity index (χ2v) is 7.92. The Bertz CT molecular complexity index is 615. The van der Waals surface area contributed by atoms with Crippen LogP contribution in [0.15, 0.2) is 17.0 Å². The molecule has 4 nitrogen and oxygen atoms in total. The van der Waals surface area contributed by atoms with Gasteiger partial charge in [0.1, 0.15) is 4.90 Å². The van der Waals surface area contributed by atoms with Crippen molar-refractivity contribution in [3.8, 4) is 0 Å². The van der Waals surface area contributed by atoms with E-state index >= 15 is 0 Å². The minimum absolute atomic E-state index is 0.00121. The zero-order valence-corrected chi connectivity index (χ0v) is 14.6. The molecule has 1 saturated heterocycles. The molecule has 21 heavy (non-hydrogen) atoms. The summed E-state index contributed by atoms with van der Waals surface area (Å²) in [6.07, 6.45) is 1.33. The molecule has 0 bridgehead atoms. The molecule has 118 valence electrons. The highest BCUT2D eigenvalue weighted by Crippen LogP contribution is 2.33. The Hall–Kier alpha value is -0.0400. The fraction of sp³-hybridized carbons (Fsp3) is 0.538. The summed E-state index contributed by atoms with van der Waals surface area (Å²) in [5, 5.41) is 0.433. The van der Waals surface area contributed by atoms with E-state index in [9.17, 15) is 8.42 Å². The van der Waals surface area contributed by atoms with Gasteiger partial charge in [-0.2, -0.15) is 4.31 Å². The Morgan fingerprint density at radius 1 is 1.29 bits per heavy atom. The van der Waals surface area contributed by atoms with Crippen LogP contribution in [0.1, 0.15) is 18.4 Å². The maximum absolute atomic E-state index is 12.8. The molecule has 0 unspecified atom stereocenters. The smallest absolute Gasteiger partial charge is 0.244 e. The number of nitrogens with zero attached hydrogens (tertiary/aromatic N) is 1. The van der Waals surface area contributed by atoms with E-state index in [0.717, 1.165) is 0 Å². The summed E-state index contributed by atoms with van der Waals surface area (Å²) in [5.41, 5.74) is 0.504. The number of sulfonamides is 1. The van der Waals surface area contributed by atoms with Crippen molar-refractivity contribution in [3.63, 3.8) is 0 Å². The third-order valence-electron chi connectivity index (χ3n) is 3.59. The summed E-state index contributed by atoms with van der Waals surface area (Å²) < 4.78 is 32.2. The summed E-state index contributed by atoms with van der Waals surface area (Å²) >= 11 is 17.9. The molecular formula is C13H16Cl3NO3S. The minimum Gasteiger partial charge on any atom is -0.381 e. The molecule has 1 aliphatic heterocycles. The number of ether oxygens (including phenoxy) is 1. The van der Waals surface area contributed by atoms with Crippen LogP contribution in [-0.4, -0.2) is 39.0 Å². The van der Waals surface area contributed by atoms with Gasteiger partial charge in [-0.3, -0.25) is 0 Å². The van der Waals surface area contributed by atoms with E-state index in [-0.39, 0.29) is 21.8 Å². The van der Waals surface area contributed by atoms with Crippen LogP contribution in [0.5, 0.6) is 0 Å². The summed E-state index contributed by atoms with van der Waals surface area (Å²) in [5.74, 6) is 0.100. The first-order chi connectivity index (χ1) is 9.87. The van der Waals surface area contributed by atoms with E-state index in [1.165, 1.54) is 10.4 Å². The Morgan fingerprint density at radius 3 is 2.48 bits per heavy atom. The average molecular weight is 373 g/mol. The quantitative estimate of drug-likeness (QED) is 0.760. The van der Waals surface area contributed by atoms with E-state index in [1.807, 2.05) is 0 Å². The molecule has 1 aliphatic rings. The maximum atomic E-state index is 12.8. The first-order valence-electron chi connectivity index (χ1n) is 6.47. The van der Waals surface area contributed by atoms with Gasteiger partial charge in [0.2, 0.25) is 10.0 Å². The predicted octanol–water partition coefficient (Wildman–Crippen LogP) is 3.53. The zero-order valence-electron chi connectivity index (χ0n) is 11.5. The number of hydrogen-bond acceptors (Lipinski definition) is 3. The molecule has 2 rings (SSSR count). The highest BCUT2D eigenvalue weighted by Gasteiger charge is 2.31. The number of halogens is 3. The van der Waals surface area contributed by atoms with Crippen LogP contribution in [0.2, 0.25) is 10.0 Å². The predicted molar refractivity (Wildman–Crippen MR) is 84.8 cm³/mol. The van der Waals surface area contributed by atoms with E-state index in [0.29, 0.717) is 36.6 Å². The fourth-order valence-electron chi connectivity index (χ4n) is 2.30. The van der Waals surface area contributed by atoms with Gasteiger partial charge in [-0.1, -0.05) is 23.2 Å². The summed E-state index contributed by atoms with van der Waals surface area (Å²) in [6, 6.07) is 2.84. The lowest BCUT2D eigenvalue weighted by atomic mass is 10.1. The Kier molecular flexibility index (Phi) is 5.79. The van der Waals surface area contributed by atoms with Crippen LogP contribution < -0.4 is 0 Å². The van der Waals surface area contributed by atoms with Crippen molar-refractivity contribution in [2.45, 2.75) is 29.7 Å². The standard InChI is InChI=1S/C13H16Cl3NO3S/c1-17(11-2-4-20-5-3-11)21(18,19)12-7-10(15)6-9(8-14)13(12)16/h6-7,11H,2-5,8H2,1H3. The summed E-state index contributed by atoms with van der Waals surface area (Å²) in [7, 11) is -2.16. The van der Waals surface area contributed by atoms with E-state index in [4.69, 9.17) is 39.5 Å². The second-order valence-electron chi connectivity index (χ2n) is 4.88. The molecule has 0 atom stereocenters. The number of benzene rings is 1. The van der Waals surface area contributed by atoms with Crippen molar-refractivity contribution in [2.75, 3.05) is 20.3 Å². The number of hydrogen-bond donors (Lipinski definition) is 0. The lowest BCUT2D eigenvalue weighted by Gasteiger charge is -2.30. The lowest BCUT2D eigenvalue weighted by molar-refractivity contribution is 0.0632. The molecule has 1 heterocycles. The topological polar surface area (TPSA) is 46.6 Å². The Labute approximate surface area is 140 Å². The van der Waals surface area contributed by atoms with Crippen LogP contribution in [0.25, 0.3) is 0 Å². The van der Waals surface area contributed by atoms with Gasteiger partial charge in [-0.25, -0.2) is 8.42 Å². The van der Waals surface area contributed by atoms with Gasteiger partial charge in [0.25, 0.3) is 0 Å².